The van der Waals surface area contributed by atoms with Gasteiger partial charge in [-0.1, -0.05) is 36.4 Å². The van der Waals surface area contributed by atoms with Crippen LogP contribution in [0.4, 0.5) is 10.7 Å². The van der Waals surface area contributed by atoms with Crippen molar-refractivity contribution in [1.82, 2.24) is 19.9 Å². The molecule has 0 fully saturated rings. The monoisotopic (exact) mass is 529 g/mol. The van der Waals surface area contributed by atoms with Crippen LogP contribution in [0.25, 0.3) is 16.7 Å². The molecule has 2 amide bonds. The van der Waals surface area contributed by atoms with Gasteiger partial charge in [-0.15, -0.1) is 0 Å². The molecule has 0 bridgehead atoms. The maximum atomic E-state index is 12.7. The molecule has 192 valence electrons. The molecular weight excluding hydrogens is 506 g/mol. The van der Waals surface area contributed by atoms with Gasteiger partial charge in [0.1, 0.15) is 12.4 Å². The van der Waals surface area contributed by atoms with Crippen molar-refractivity contribution < 1.29 is 22.5 Å². The zero-order chi connectivity index (χ0) is 26.5. The van der Waals surface area contributed by atoms with Crippen LogP contribution in [0.3, 0.4) is 0 Å². The molecule has 0 unspecified atom stereocenters. The molecule has 3 N–H and O–H groups in total. The van der Waals surface area contributed by atoms with E-state index >= 15 is 0 Å². The van der Waals surface area contributed by atoms with E-state index in [1.807, 2.05) is 36.4 Å². The van der Waals surface area contributed by atoms with Crippen LogP contribution in [0, 0.1) is 0 Å². The quantitative estimate of drug-likeness (QED) is 0.251. The van der Waals surface area contributed by atoms with Crippen molar-refractivity contribution in [2.45, 2.75) is 18.0 Å². The molecule has 38 heavy (non-hydrogen) atoms. The number of nitrogens with zero attached hydrogens (tertiary/aromatic N) is 3. The number of aromatic nitrogens is 3. The lowest BCUT2D eigenvalue weighted by atomic mass is 10.2. The van der Waals surface area contributed by atoms with E-state index in [4.69, 9.17) is 4.74 Å². The number of anilines is 1. The molecule has 0 aliphatic heterocycles. The highest BCUT2D eigenvalue weighted by molar-refractivity contribution is 7.85. The van der Waals surface area contributed by atoms with Gasteiger partial charge in [0.15, 0.2) is 0 Å². The van der Waals surface area contributed by atoms with Crippen LogP contribution in [0.15, 0.2) is 102 Å². The van der Waals surface area contributed by atoms with Gasteiger partial charge < -0.3 is 10.1 Å². The van der Waals surface area contributed by atoms with Gasteiger partial charge in [-0.3, -0.25) is 19.4 Å². The fourth-order valence-corrected chi connectivity index (χ4v) is 4.32. The van der Waals surface area contributed by atoms with E-state index in [0.717, 1.165) is 5.56 Å². The Hall–Kier alpha value is -4.74. The van der Waals surface area contributed by atoms with Crippen LogP contribution in [0.5, 0.6) is 5.75 Å². The Balaban J connectivity index is 1.43. The van der Waals surface area contributed by atoms with Crippen molar-refractivity contribution in [1.29, 1.82) is 0 Å². The molecule has 2 aromatic heterocycles. The molecule has 0 saturated carbocycles. The van der Waals surface area contributed by atoms with Gasteiger partial charge in [0.2, 0.25) is 5.95 Å². The van der Waals surface area contributed by atoms with Gasteiger partial charge in [0, 0.05) is 11.9 Å². The second-order valence-corrected chi connectivity index (χ2v) is 9.71. The second kappa shape index (κ2) is 10.7. The number of hydrogen-bond acceptors (Lipinski definition) is 6. The van der Waals surface area contributed by atoms with Gasteiger partial charge in [0.05, 0.1) is 28.2 Å². The lowest BCUT2D eigenvalue weighted by molar-refractivity contribution is 0.251. The van der Waals surface area contributed by atoms with Gasteiger partial charge >= 0.3 is 6.03 Å². The lowest BCUT2D eigenvalue weighted by Crippen LogP contribution is -2.29. The molecule has 11 heteroatoms. The molecule has 5 rings (SSSR count). The number of benzene rings is 3. The van der Waals surface area contributed by atoms with Crippen LogP contribution in [-0.4, -0.2) is 33.5 Å². The zero-order valence-electron chi connectivity index (χ0n) is 20.0. The third kappa shape index (κ3) is 5.80. The molecule has 3 aromatic carbocycles. The number of hydrogen-bond donors (Lipinski definition) is 3. The Morgan fingerprint density at radius 3 is 2.42 bits per heavy atom. The van der Waals surface area contributed by atoms with E-state index in [1.54, 1.807) is 47.2 Å². The standard InChI is InChI=1S/C27H23N5O5S/c33-27(29-17-20-8-4-5-15-28-20)31-26-30-24-16-23(38(34,35)36)13-14-25(24)32(26)21-9-11-22(12-10-21)37-18-19-6-2-1-3-7-19/h1-16H,17-18H2,(H,34,35,36)(H2,29,30,31,33). The smallest absolute Gasteiger partial charge is 0.321 e. The number of nitrogens with one attached hydrogen (secondary N) is 2. The highest BCUT2D eigenvalue weighted by atomic mass is 32.2. The zero-order valence-corrected chi connectivity index (χ0v) is 20.8. The molecule has 2 heterocycles. The summed E-state index contributed by atoms with van der Waals surface area (Å²) in [6.07, 6.45) is 1.63. The van der Waals surface area contributed by atoms with Crippen LogP contribution >= 0.6 is 0 Å². The first-order valence-corrected chi connectivity index (χ1v) is 13.0. The van der Waals surface area contributed by atoms with E-state index in [9.17, 15) is 17.8 Å². The molecular formula is C27H23N5O5S. The molecule has 0 radical (unpaired) electrons. The summed E-state index contributed by atoms with van der Waals surface area (Å²) in [5, 5.41) is 5.44. The van der Waals surface area contributed by atoms with Crippen molar-refractivity contribution in [3.05, 3.63) is 108 Å². The molecule has 0 spiro atoms. The van der Waals surface area contributed by atoms with Gasteiger partial charge in [-0.25, -0.2) is 9.78 Å². The number of fused-ring (bicyclic) bond motifs is 1. The Kier molecular flexibility index (Phi) is 7.03. The average molecular weight is 530 g/mol. The average Bonchev–Trinajstić information content (AvgIpc) is 3.28. The normalized spacial score (nSPS) is 11.3. The maximum Gasteiger partial charge on any atom is 0.321 e. The SMILES string of the molecule is O=C(NCc1ccccn1)Nc1nc2cc(S(=O)(=O)O)ccc2n1-c1ccc(OCc2ccccc2)cc1. The van der Waals surface area contributed by atoms with Crippen molar-refractivity contribution in [2.75, 3.05) is 5.32 Å². The summed E-state index contributed by atoms with van der Waals surface area (Å²) >= 11 is 0. The van der Waals surface area contributed by atoms with E-state index in [2.05, 4.69) is 20.6 Å². The predicted octanol–water partition coefficient (Wildman–Crippen LogP) is 4.57. The minimum absolute atomic E-state index is 0.156. The number of amides is 2. The lowest BCUT2D eigenvalue weighted by Gasteiger charge is -2.12. The molecule has 0 saturated heterocycles. The Morgan fingerprint density at radius 2 is 1.71 bits per heavy atom. The molecule has 10 nitrogen and oxygen atoms in total. The van der Waals surface area contributed by atoms with Crippen LogP contribution in [0.1, 0.15) is 11.3 Å². The van der Waals surface area contributed by atoms with E-state index in [0.29, 0.717) is 29.3 Å². The van der Waals surface area contributed by atoms with E-state index < -0.39 is 16.1 Å². The third-order valence-electron chi connectivity index (χ3n) is 5.65. The Morgan fingerprint density at radius 1 is 0.947 bits per heavy atom. The van der Waals surface area contributed by atoms with Crippen LogP contribution in [-0.2, 0) is 23.3 Å². The molecule has 0 aliphatic rings. The third-order valence-corrected chi connectivity index (χ3v) is 6.50. The summed E-state index contributed by atoms with van der Waals surface area (Å²) in [6, 6.07) is 25.9. The highest BCUT2D eigenvalue weighted by Gasteiger charge is 2.18. The number of pyridine rings is 1. The van der Waals surface area contributed by atoms with Crippen LogP contribution in [0.2, 0.25) is 0 Å². The number of urea groups is 1. The summed E-state index contributed by atoms with van der Waals surface area (Å²) in [6.45, 7) is 0.614. The van der Waals surface area contributed by atoms with Crippen molar-refractivity contribution in [2.24, 2.45) is 0 Å². The highest BCUT2D eigenvalue weighted by Crippen LogP contribution is 2.28. The summed E-state index contributed by atoms with van der Waals surface area (Å²) in [7, 11) is -4.43. The summed E-state index contributed by atoms with van der Waals surface area (Å²) in [4.78, 5) is 21.0. The maximum absolute atomic E-state index is 12.7. The van der Waals surface area contributed by atoms with Gasteiger partial charge in [-0.05, 0) is 60.2 Å². The Bertz CT molecular complexity index is 1670. The number of imidazole rings is 1. The fraction of sp³-hybridized carbons (Fsp3) is 0.0741. The van der Waals surface area contributed by atoms with Crippen LogP contribution < -0.4 is 15.4 Å². The van der Waals surface area contributed by atoms with Crippen molar-refractivity contribution in [3.63, 3.8) is 0 Å². The largest absolute Gasteiger partial charge is 0.489 e. The summed E-state index contributed by atoms with van der Waals surface area (Å²) in [5.41, 5.74) is 3.16. The van der Waals surface area contributed by atoms with E-state index in [1.165, 1.54) is 18.2 Å². The molecule has 0 aliphatic carbocycles. The first kappa shape index (κ1) is 24.9. The molecule has 0 atom stereocenters. The fourth-order valence-electron chi connectivity index (χ4n) is 3.82. The first-order chi connectivity index (χ1) is 18.4. The minimum Gasteiger partial charge on any atom is -0.489 e. The minimum atomic E-state index is -4.43. The van der Waals surface area contributed by atoms with Gasteiger partial charge in [-0.2, -0.15) is 8.42 Å². The van der Waals surface area contributed by atoms with Crippen molar-refractivity contribution >= 4 is 33.1 Å². The van der Waals surface area contributed by atoms with Gasteiger partial charge in [0.25, 0.3) is 10.1 Å². The second-order valence-electron chi connectivity index (χ2n) is 8.29. The van der Waals surface area contributed by atoms with E-state index in [-0.39, 0.29) is 22.9 Å². The summed E-state index contributed by atoms with van der Waals surface area (Å²) < 4.78 is 40.3. The topological polar surface area (TPSA) is 135 Å². The first-order valence-electron chi connectivity index (χ1n) is 11.6. The van der Waals surface area contributed by atoms with Crippen molar-refractivity contribution in [3.8, 4) is 11.4 Å². The number of ether oxygens (including phenoxy) is 1. The summed E-state index contributed by atoms with van der Waals surface area (Å²) in [5.74, 6) is 0.808. The number of carbonyl (C=O) groups is 1. The number of rotatable bonds is 8. The molecule has 5 aromatic rings. The Labute approximate surface area is 218 Å². The predicted molar refractivity (Wildman–Crippen MR) is 142 cm³/mol. The number of carbonyl (C=O) groups excluding carboxylic acids is 1.